The van der Waals surface area contributed by atoms with Crippen LogP contribution in [0.1, 0.15) is 12.8 Å². The molecule has 0 bridgehead atoms. The van der Waals surface area contributed by atoms with Crippen LogP contribution in [0, 0.1) is 5.92 Å². The lowest BCUT2D eigenvalue weighted by molar-refractivity contribution is -0.132. The summed E-state index contributed by atoms with van der Waals surface area (Å²) >= 11 is 0. The highest BCUT2D eigenvalue weighted by Crippen LogP contribution is 2.13. The SMILES string of the molecule is CN1CCCC(CNC(=O)C(F)F)C1. The molecule has 1 saturated heterocycles. The predicted octanol–water partition coefficient (Wildman–Crippen LogP) is 0.709. The van der Waals surface area contributed by atoms with Crippen LogP contribution in [0.2, 0.25) is 0 Å². The van der Waals surface area contributed by atoms with Crippen molar-refractivity contribution in [3.63, 3.8) is 0 Å². The summed E-state index contributed by atoms with van der Waals surface area (Å²) < 4.78 is 23.7. The maximum absolute atomic E-state index is 11.8. The van der Waals surface area contributed by atoms with Crippen LogP contribution in [0.25, 0.3) is 0 Å². The lowest BCUT2D eigenvalue weighted by atomic mass is 9.98. The number of alkyl halides is 2. The molecule has 1 rings (SSSR count). The first-order valence-electron chi connectivity index (χ1n) is 4.84. The normalized spacial score (nSPS) is 23.9. The van der Waals surface area contributed by atoms with Crippen molar-refractivity contribution in [3.8, 4) is 0 Å². The van der Waals surface area contributed by atoms with Gasteiger partial charge in [0.05, 0.1) is 0 Å². The number of carbonyl (C=O) groups is 1. The molecular formula is C9H16F2N2O. The summed E-state index contributed by atoms with van der Waals surface area (Å²) in [5.74, 6) is -0.838. The summed E-state index contributed by atoms with van der Waals surface area (Å²) in [5.41, 5.74) is 0. The molecule has 1 amide bonds. The molecule has 0 aromatic heterocycles. The minimum absolute atomic E-state index is 0.316. The molecule has 0 spiro atoms. The van der Waals surface area contributed by atoms with Crippen molar-refractivity contribution in [2.75, 3.05) is 26.7 Å². The minimum Gasteiger partial charge on any atom is -0.351 e. The van der Waals surface area contributed by atoms with Crippen molar-refractivity contribution >= 4 is 5.91 Å². The van der Waals surface area contributed by atoms with E-state index in [1.165, 1.54) is 0 Å². The number of piperidine rings is 1. The highest BCUT2D eigenvalue weighted by atomic mass is 19.3. The number of hydrogen-bond acceptors (Lipinski definition) is 2. The first-order chi connectivity index (χ1) is 6.59. The quantitative estimate of drug-likeness (QED) is 0.737. The maximum atomic E-state index is 11.8. The van der Waals surface area contributed by atoms with Crippen LogP contribution in [0.5, 0.6) is 0 Å². The number of amides is 1. The molecule has 3 nitrogen and oxygen atoms in total. The lowest BCUT2D eigenvalue weighted by Crippen LogP contribution is -2.40. The van der Waals surface area contributed by atoms with E-state index < -0.39 is 12.3 Å². The molecule has 5 heteroatoms. The second-order valence-corrected chi connectivity index (χ2v) is 3.82. The molecule has 1 fully saturated rings. The Balaban J connectivity index is 2.20. The van der Waals surface area contributed by atoms with Gasteiger partial charge in [0.1, 0.15) is 0 Å². The number of likely N-dealkylation sites (tertiary alicyclic amines) is 1. The Morgan fingerprint density at radius 1 is 1.64 bits per heavy atom. The van der Waals surface area contributed by atoms with Crippen LogP contribution in [0.3, 0.4) is 0 Å². The van der Waals surface area contributed by atoms with Crippen molar-refractivity contribution in [1.82, 2.24) is 10.2 Å². The van der Waals surface area contributed by atoms with Gasteiger partial charge in [0, 0.05) is 13.1 Å². The third kappa shape index (κ3) is 3.57. The third-order valence-corrected chi connectivity index (χ3v) is 2.49. The Labute approximate surface area is 82.5 Å². The summed E-state index contributed by atoms with van der Waals surface area (Å²) in [6.07, 6.45) is -0.809. The number of carbonyl (C=O) groups excluding carboxylic acids is 1. The fraction of sp³-hybridized carbons (Fsp3) is 0.889. The lowest BCUT2D eigenvalue weighted by Gasteiger charge is -2.29. The topological polar surface area (TPSA) is 32.3 Å². The van der Waals surface area contributed by atoms with Crippen molar-refractivity contribution in [2.45, 2.75) is 19.3 Å². The molecule has 0 saturated carbocycles. The second kappa shape index (κ2) is 5.24. The molecule has 82 valence electrons. The zero-order chi connectivity index (χ0) is 10.6. The van der Waals surface area contributed by atoms with Gasteiger partial charge in [-0.2, -0.15) is 8.78 Å². The minimum atomic E-state index is -2.89. The zero-order valence-corrected chi connectivity index (χ0v) is 8.30. The Hall–Kier alpha value is -0.710. The van der Waals surface area contributed by atoms with Gasteiger partial charge in [0.15, 0.2) is 0 Å². The van der Waals surface area contributed by atoms with E-state index in [0.717, 1.165) is 25.9 Å². The van der Waals surface area contributed by atoms with Gasteiger partial charge in [-0.3, -0.25) is 4.79 Å². The average molecular weight is 206 g/mol. The molecule has 1 heterocycles. The summed E-state index contributed by atoms with van der Waals surface area (Å²) in [6.45, 7) is 2.30. The molecule has 0 aliphatic carbocycles. The van der Waals surface area contributed by atoms with Gasteiger partial charge in [-0.25, -0.2) is 0 Å². The smallest absolute Gasteiger partial charge is 0.315 e. The molecule has 1 N–H and O–H groups in total. The molecule has 14 heavy (non-hydrogen) atoms. The molecule has 0 radical (unpaired) electrons. The van der Waals surface area contributed by atoms with Crippen LogP contribution in [0.15, 0.2) is 0 Å². The highest BCUT2D eigenvalue weighted by molar-refractivity contribution is 5.78. The van der Waals surface area contributed by atoms with Crippen LogP contribution < -0.4 is 5.32 Å². The number of halogens is 2. The van der Waals surface area contributed by atoms with Crippen molar-refractivity contribution in [2.24, 2.45) is 5.92 Å². The molecule has 1 aliphatic rings. The Bertz CT molecular complexity index is 199. The molecular weight excluding hydrogens is 190 g/mol. The van der Waals surface area contributed by atoms with Gasteiger partial charge in [0.25, 0.3) is 5.91 Å². The number of hydrogen-bond donors (Lipinski definition) is 1. The summed E-state index contributed by atoms with van der Waals surface area (Å²) in [6, 6.07) is 0. The first kappa shape index (κ1) is 11.4. The molecule has 0 aromatic carbocycles. The number of nitrogens with zero attached hydrogens (tertiary/aromatic N) is 1. The standard InChI is InChI=1S/C9H16F2N2O/c1-13-4-2-3-7(6-13)5-12-9(14)8(10)11/h7-8H,2-6H2,1H3,(H,12,14). The Morgan fingerprint density at radius 2 is 2.36 bits per heavy atom. The van der Waals surface area contributed by atoms with Crippen LogP contribution in [-0.2, 0) is 4.79 Å². The molecule has 1 aliphatic heterocycles. The second-order valence-electron chi connectivity index (χ2n) is 3.82. The van der Waals surface area contributed by atoms with Crippen LogP contribution in [-0.4, -0.2) is 43.9 Å². The van der Waals surface area contributed by atoms with Crippen molar-refractivity contribution in [1.29, 1.82) is 0 Å². The fourth-order valence-corrected chi connectivity index (χ4v) is 1.76. The van der Waals surface area contributed by atoms with E-state index in [4.69, 9.17) is 0 Å². The van der Waals surface area contributed by atoms with Gasteiger partial charge in [-0.05, 0) is 32.4 Å². The van der Waals surface area contributed by atoms with E-state index in [0.29, 0.717) is 12.5 Å². The highest BCUT2D eigenvalue weighted by Gasteiger charge is 2.20. The maximum Gasteiger partial charge on any atom is 0.315 e. The largest absolute Gasteiger partial charge is 0.351 e. The number of nitrogens with one attached hydrogen (secondary N) is 1. The average Bonchev–Trinajstić information content (AvgIpc) is 2.14. The Kier molecular flexibility index (Phi) is 4.25. The van der Waals surface area contributed by atoms with Gasteiger partial charge >= 0.3 is 6.43 Å². The van der Waals surface area contributed by atoms with E-state index in [2.05, 4.69) is 10.2 Å². The fourth-order valence-electron chi connectivity index (χ4n) is 1.76. The Morgan fingerprint density at radius 3 is 2.93 bits per heavy atom. The van der Waals surface area contributed by atoms with E-state index in [-0.39, 0.29) is 0 Å². The summed E-state index contributed by atoms with van der Waals surface area (Å²) in [5, 5.41) is 2.26. The van der Waals surface area contributed by atoms with E-state index in [1.807, 2.05) is 7.05 Å². The summed E-state index contributed by atoms with van der Waals surface area (Å²) in [7, 11) is 2.00. The zero-order valence-electron chi connectivity index (χ0n) is 8.30. The van der Waals surface area contributed by atoms with E-state index in [1.54, 1.807) is 0 Å². The predicted molar refractivity (Wildman–Crippen MR) is 49.2 cm³/mol. The van der Waals surface area contributed by atoms with Crippen LogP contribution in [0.4, 0.5) is 8.78 Å². The van der Waals surface area contributed by atoms with Gasteiger partial charge in [-0.15, -0.1) is 0 Å². The van der Waals surface area contributed by atoms with Crippen molar-refractivity contribution < 1.29 is 13.6 Å². The monoisotopic (exact) mass is 206 g/mol. The van der Waals surface area contributed by atoms with Gasteiger partial charge < -0.3 is 10.2 Å². The number of rotatable bonds is 3. The third-order valence-electron chi connectivity index (χ3n) is 2.49. The van der Waals surface area contributed by atoms with Gasteiger partial charge in [0.2, 0.25) is 0 Å². The van der Waals surface area contributed by atoms with Crippen LogP contribution >= 0.6 is 0 Å². The van der Waals surface area contributed by atoms with Gasteiger partial charge in [-0.1, -0.05) is 0 Å². The first-order valence-corrected chi connectivity index (χ1v) is 4.84. The summed E-state index contributed by atoms with van der Waals surface area (Å²) in [4.78, 5) is 12.7. The molecule has 1 atom stereocenters. The van der Waals surface area contributed by atoms with Crippen molar-refractivity contribution in [3.05, 3.63) is 0 Å². The molecule has 1 unspecified atom stereocenters. The van der Waals surface area contributed by atoms with E-state index >= 15 is 0 Å². The molecule has 0 aromatic rings. The van der Waals surface area contributed by atoms with E-state index in [9.17, 15) is 13.6 Å².